The maximum atomic E-state index is 13.8. The normalized spacial score (nSPS) is 12.8. The van der Waals surface area contributed by atoms with Gasteiger partial charge in [-0.2, -0.15) is 0 Å². The molecule has 0 spiro atoms. The first-order chi connectivity index (χ1) is 20.8. The van der Waals surface area contributed by atoms with Crippen molar-refractivity contribution < 1.29 is 28.6 Å². The molecule has 3 amide bonds. The highest BCUT2D eigenvalue weighted by Crippen LogP contribution is 2.40. The van der Waals surface area contributed by atoms with Crippen LogP contribution < -0.4 is 29.7 Å². The molecule has 43 heavy (non-hydrogen) atoms. The van der Waals surface area contributed by atoms with E-state index >= 15 is 0 Å². The first-order valence-corrected chi connectivity index (χ1v) is 14.0. The van der Waals surface area contributed by atoms with Gasteiger partial charge in [-0.1, -0.05) is 29.5 Å². The Morgan fingerprint density at radius 1 is 0.744 bits per heavy atom. The fourth-order valence-electron chi connectivity index (χ4n) is 4.35. The lowest BCUT2D eigenvalue weighted by molar-refractivity contribution is -0.120. The van der Waals surface area contributed by atoms with Crippen LogP contribution in [-0.4, -0.2) is 39.1 Å². The van der Waals surface area contributed by atoms with Gasteiger partial charge in [0.15, 0.2) is 0 Å². The largest absolute Gasteiger partial charge is 0.497 e. The van der Waals surface area contributed by atoms with Crippen LogP contribution in [0.3, 0.4) is 0 Å². The van der Waals surface area contributed by atoms with Crippen LogP contribution in [0.25, 0.3) is 0 Å². The number of rotatable bonds is 10. The van der Waals surface area contributed by atoms with Gasteiger partial charge >= 0.3 is 0 Å². The average molecular weight is 596 g/mol. The zero-order valence-electron chi connectivity index (χ0n) is 24.0. The van der Waals surface area contributed by atoms with Crippen molar-refractivity contribution >= 4 is 46.5 Å². The Kier molecular flexibility index (Phi) is 8.68. The number of thioether (sulfide) groups is 1. The molecule has 1 heterocycles. The van der Waals surface area contributed by atoms with Gasteiger partial charge in [-0.3, -0.25) is 14.4 Å². The Bertz CT molecular complexity index is 1700. The Hall–Kier alpha value is -5.22. The number of carbonyl (C=O) groups is 3. The van der Waals surface area contributed by atoms with Crippen LogP contribution in [0.2, 0.25) is 0 Å². The number of carbonyl (C=O) groups excluding carboxylic acids is 3. The molecule has 0 aliphatic carbocycles. The lowest BCUT2D eigenvalue weighted by Gasteiger charge is -2.16. The highest BCUT2D eigenvalue weighted by atomic mass is 32.2. The number of nitrogens with zero attached hydrogens (tertiary/aromatic N) is 1. The van der Waals surface area contributed by atoms with Crippen molar-refractivity contribution in [2.75, 3.05) is 36.9 Å². The van der Waals surface area contributed by atoms with Crippen LogP contribution in [0.1, 0.15) is 15.9 Å². The number of benzene rings is 4. The van der Waals surface area contributed by atoms with Crippen LogP contribution in [0, 0.1) is 6.92 Å². The van der Waals surface area contributed by atoms with E-state index in [2.05, 4.69) is 10.6 Å². The van der Waals surface area contributed by atoms with Crippen LogP contribution >= 0.6 is 11.8 Å². The third-order valence-electron chi connectivity index (χ3n) is 6.69. The van der Waals surface area contributed by atoms with E-state index < -0.39 is 11.8 Å². The van der Waals surface area contributed by atoms with Gasteiger partial charge in [0.2, 0.25) is 0 Å². The molecule has 0 bridgehead atoms. The van der Waals surface area contributed by atoms with E-state index in [1.165, 1.54) is 7.11 Å². The van der Waals surface area contributed by atoms with E-state index in [0.717, 1.165) is 22.2 Å². The third-order valence-corrected chi connectivity index (χ3v) is 7.78. The molecule has 1 aliphatic rings. The second-order valence-electron chi connectivity index (χ2n) is 9.49. The number of methoxy groups -OCH3 is 3. The maximum absolute atomic E-state index is 13.8. The molecule has 0 saturated carbocycles. The van der Waals surface area contributed by atoms with Gasteiger partial charge in [0.1, 0.15) is 27.9 Å². The quantitative estimate of drug-likeness (QED) is 0.207. The fraction of sp³-hybridized carbons (Fsp3) is 0.121. The highest BCUT2D eigenvalue weighted by Gasteiger charge is 2.40. The first kappa shape index (κ1) is 29.3. The van der Waals surface area contributed by atoms with Crippen molar-refractivity contribution in [1.82, 2.24) is 0 Å². The van der Waals surface area contributed by atoms with E-state index in [9.17, 15) is 14.4 Å². The molecule has 1 aliphatic heterocycles. The predicted molar refractivity (Wildman–Crippen MR) is 167 cm³/mol. The Labute approximate surface area is 253 Å². The van der Waals surface area contributed by atoms with Gasteiger partial charge in [0.25, 0.3) is 17.7 Å². The minimum absolute atomic E-state index is 0.103. The average Bonchev–Trinajstić information content (AvgIpc) is 3.26. The molecule has 218 valence electrons. The molecule has 0 aromatic heterocycles. The number of aryl methyl sites for hydroxylation is 1. The molecule has 0 unspecified atom stereocenters. The van der Waals surface area contributed by atoms with E-state index in [4.69, 9.17) is 14.2 Å². The fourth-order valence-corrected chi connectivity index (χ4v) is 5.28. The molecule has 2 N–H and O–H groups in total. The molecule has 0 atom stereocenters. The molecule has 10 heteroatoms. The summed E-state index contributed by atoms with van der Waals surface area (Å²) in [5.74, 6) is 0.391. The van der Waals surface area contributed by atoms with Gasteiger partial charge in [0, 0.05) is 22.2 Å². The van der Waals surface area contributed by atoms with Gasteiger partial charge in [-0.25, -0.2) is 4.90 Å². The molecule has 0 saturated heterocycles. The standard InChI is InChI=1S/C33H29N3O6S/c1-20-5-7-21(8-6-20)31(37)34-22-9-16-26(17-10-22)43-30-29(35-27-18-15-25(41-3)19-28(27)42-4)32(38)36(33(30)39)23-11-13-24(40-2)14-12-23/h5-19,35H,1-4H3,(H,34,37). The summed E-state index contributed by atoms with van der Waals surface area (Å²) in [6.45, 7) is 1.96. The van der Waals surface area contributed by atoms with Gasteiger partial charge < -0.3 is 24.8 Å². The molecule has 9 nitrogen and oxygen atoms in total. The number of hydrogen-bond acceptors (Lipinski definition) is 8. The summed E-state index contributed by atoms with van der Waals surface area (Å²) in [7, 11) is 4.60. The van der Waals surface area contributed by atoms with Crippen molar-refractivity contribution in [2.24, 2.45) is 0 Å². The molecule has 5 rings (SSSR count). The summed E-state index contributed by atoms with van der Waals surface area (Å²) in [6, 6.07) is 26.1. The molecule has 0 radical (unpaired) electrons. The summed E-state index contributed by atoms with van der Waals surface area (Å²) in [5.41, 5.74) is 3.21. The number of amides is 3. The molecule has 4 aromatic carbocycles. The lowest BCUT2D eigenvalue weighted by atomic mass is 10.1. The zero-order valence-corrected chi connectivity index (χ0v) is 24.8. The first-order valence-electron chi connectivity index (χ1n) is 13.2. The second kappa shape index (κ2) is 12.7. The van der Waals surface area contributed by atoms with E-state index in [1.807, 2.05) is 19.1 Å². The van der Waals surface area contributed by atoms with Gasteiger partial charge in [-0.15, -0.1) is 0 Å². The summed E-state index contributed by atoms with van der Waals surface area (Å²) in [5, 5.41) is 6.01. The molecule has 4 aromatic rings. The minimum Gasteiger partial charge on any atom is -0.497 e. The lowest BCUT2D eigenvalue weighted by Crippen LogP contribution is -2.32. The maximum Gasteiger partial charge on any atom is 0.283 e. The number of anilines is 3. The summed E-state index contributed by atoms with van der Waals surface area (Å²) in [4.78, 5) is 42.2. The monoisotopic (exact) mass is 595 g/mol. The van der Waals surface area contributed by atoms with Crippen molar-refractivity contribution in [3.8, 4) is 17.2 Å². The zero-order chi connectivity index (χ0) is 30.5. The SMILES string of the molecule is COc1ccc(N2C(=O)C(Nc3ccc(OC)cc3OC)=C(Sc3ccc(NC(=O)c4ccc(C)cc4)cc3)C2=O)cc1. The van der Waals surface area contributed by atoms with Crippen molar-refractivity contribution in [1.29, 1.82) is 0 Å². The van der Waals surface area contributed by atoms with E-state index in [0.29, 0.717) is 44.8 Å². The highest BCUT2D eigenvalue weighted by molar-refractivity contribution is 8.04. The summed E-state index contributed by atoms with van der Waals surface area (Å²) < 4.78 is 16.0. The van der Waals surface area contributed by atoms with Crippen LogP contribution in [0.15, 0.2) is 106 Å². The van der Waals surface area contributed by atoms with Gasteiger partial charge in [0.05, 0.1) is 32.7 Å². The number of ether oxygens (including phenoxy) is 3. The smallest absolute Gasteiger partial charge is 0.283 e. The Morgan fingerprint density at radius 3 is 2.02 bits per heavy atom. The number of hydrogen-bond donors (Lipinski definition) is 2. The molecule has 0 fully saturated rings. The predicted octanol–water partition coefficient (Wildman–Crippen LogP) is 6.26. The van der Waals surface area contributed by atoms with E-state index in [1.54, 1.807) is 93.1 Å². The van der Waals surface area contributed by atoms with Crippen LogP contribution in [0.5, 0.6) is 17.2 Å². The van der Waals surface area contributed by atoms with Crippen LogP contribution in [-0.2, 0) is 9.59 Å². The van der Waals surface area contributed by atoms with Crippen molar-refractivity contribution in [3.05, 3.63) is 113 Å². The van der Waals surface area contributed by atoms with Gasteiger partial charge in [-0.05, 0) is 79.7 Å². The van der Waals surface area contributed by atoms with Crippen molar-refractivity contribution in [3.63, 3.8) is 0 Å². The van der Waals surface area contributed by atoms with Crippen LogP contribution in [0.4, 0.5) is 17.1 Å². The topological polar surface area (TPSA) is 106 Å². The molecular weight excluding hydrogens is 566 g/mol. The van der Waals surface area contributed by atoms with E-state index in [-0.39, 0.29) is 16.5 Å². The van der Waals surface area contributed by atoms with Crippen molar-refractivity contribution in [2.45, 2.75) is 11.8 Å². The third kappa shape index (κ3) is 6.34. The Balaban J connectivity index is 1.44. The summed E-state index contributed by atoms with van der Waals surface area (Å²) in [6.07, 6.45) is 0. The minimum atomic E-state index is -0.516. The summed E-state index contributed by atoms with van der Waals surface area (Å²) >= 11 is 1.15. The number of nitrogens with one attached hydrogen (secondary N) is 2. The second-order valence-corrected chi connectivity index (χ2v) is 10.6. The number of imide groups is 1. The Morgan fingerprint density at radius 2 is 1.40 bits per heavy atom. The molecular formula is C33H29N3O6S.